The number of phenols is 1. The van der Waals surface area contributed by atoms with Crippen molar-refractivity contribution in [2.75, 3.05) is 0 Å². The lowest BCUT2D eigenvalue weighted by Crippen LogP contribution is -2.19. The van der Waals surface area contributed by atoms with E-state index in [2.05, 4.69) is 10.2 Å². The molecular weight excluding hydrogens is 344 g/mol. The van der Waals surface area contributed by atoms with Crippen molar-refractivity contribution in [2.45, 2.75) is 6.61 Å². The molecule has 27 heavy (non-hydrogen) atoms. The van der Waals surface area contributed by atoms with Crippen LogP contribution < -0.4 is 5.43 Å². The van der Waals surface area contributed by atoms with E-state index in [4.69, 9.17) is 0 Å². The van der Waals surface area contributed by atoms with Gasteiger partial charge in [-0.15, -0.1) is 0 Å². The Kier molecular flexibility index (Phi) is 4.27. The van der Waals surface area contributed by atoms with E-state index in [9.17, 15) is 15.0 Å². The molecule has 0 atom stereocenters. The number of hydrogen-bond donors (Lipinski definition) is 2. The summed E-state index contributed by atoms with van der Waals surface area (Å²) >= 11 is 0. The molecule has 2 aromatic heterocycles. The molecule has 0 fully saturated rings. The quantitative estimate of drug-likeness (QED) is 0.582. The van der Waals surface area contributed by atoms with Gasteiger partial charge in [-0.25, -0.2) is 9.36 Å². The molecule has 0 saturated heterocycles. The van der Waals surface area contributed by atoms with Crippen molar-refractivity contribution in [1.29, 1.82) is 0 Å². The van der Waals surface area contributed by atoms with Crippen molar-refractivity contribution < 1.29 is 10.2 Å². The highest BCUT2D eigenvalue weighted by Gasteiger charge is 2.17. The lowest BCUT2D eigenvalue weighted by molar-refractivity contribution is 0.271. The van der Waals surface area contributed by atoms with Gasteiger partial charge in [0.15, 0.2) is 5.69 Å². The third-order valence-corrected chi connectivity index (χ3v) is 4.16. The van der Waals surface area contributed by atoms with Crippen molar-refractivity contribution in [2.24, 2.45) is 0 Å². The van der Waals surface area contributed by atoms with Crippen LogP contribution in [0.2, 0.25) is 0 Å². The smallest absolute Gasteiger partial charge is 0.210 e. The Bertz CT molecular complexity index is 1150. The predicted molar refractivity (Wildman–Crippen MR) is 100.0 cm³/mol. The van der Waals surface area contributed by atoms with E-state index in [-0.39, 0.29) is 22.6 Å². The zero-order valence-electron chi connectivity index (χ0n) is 14.2. The van der Waals surface area contributed by atoms with Crippen LogP contribution in [0.4, 0.5) is 0 Å². The number of aliphatic hydroxyl groups is 1. The van der Waals surface area contributed by atoms with Gasteiger partial charge in [-0.05, 0) is 30.3 Å². The molecule has 0 bridgehead atoms. The standard InChI is InChI=1S/C20H16N4O3/c25-13-15-12-19(27)20(22-24(15)16-8-4-5-9-18(16)26)17-10-11-21-23(17)14-6-2-1-3-7-14/h1-12,25-26H,13H2. The zero-order chi connectivity index (χ0) is 18.8. The third-order valence-electron chi connectivity index (χ3n) is 4.16. The van der Waals surface area contributed by atoms with Crippen molar-refractivity contribution >= 4 is 0 Å². The van der Waals surface area contributed by atoms with E-state index in [1.54, 1.807) is 35.1 Å². The molecular formula is C20H16N4O3. The van der Waals surface area contributed by atoms with Gasteiger partial charge >= 0.3 is 0 Å². The molecule has 7 nitrogen and oxygen atoms in total. The number of benzene rings is 2. The monoisotopic (exact) mass is 360 g/mol. The van der Waals surface area contributed by atoms with E-state index in [1.165, 1.54) is 16.8 Å². The molecule has 2 aromatic carbocycles. The number of hydrogen-bond acceptors (Lipinski definition) is 5. The molecule has 2 N–H and O–H groups in total. The number of nitrogens with zero attached hydrogens (tertiary/aromatic N) is 4. The lowest BCUT2D eigenvalue weighted by Gasteiger charge is -2.14. The number of aromatic nitrogens is 4. The van der Waals surface area contributed by atoms with Gasteiger partial charge in [-0.2, -0.15) is 10.2 Å². The first-order valence-corrected chi connectivity index (χ1v) is 8.31. The molecule has 2 heterocycles. The molecule has 4 aromatic rings. The van der Waals surface area contributed by atoms with Crippen molar-refractivity contribution in [3.05, 3.63) is 88.8 Å². The molecule has 0 amide bonds. The number of aliphatic hydroxyl groups excluding tert-OH is 1. The van der Waals surface area contributed by atoms with Crippen LogP contribution >= 0.6 is 0 Å². The Labute approximate surface area is 154 Å². The molecule has 0 radical (unpaired) electrons. The fraction of sp³-hybridized carbons (Fsp3) is 0.0500. The maximum absolute atomic E-state index is 12.7. The summed E-state index contributed by atoms with van der Waals surface area (Å²) in [5.41, 5.74) is 1.77. The van der Waals surface area contributed by atoms with Crippen molar-refractivity contribution in [3.8, 4) is 28.5 Å². The average Bonchev–Trinajstić information content (AvgIpc) is 3.18. The highest BCUT2D eigenvalue weighted by molar-refractivity contribution is 5.58. The van der Waals surface area contributed by atoms with Gasteiger partial charge in [-0.1, -0.05) is 30.3 Å². The Morgan fingerprint density at radius 2 is 1.67 bits per heavy atom. The second-order valence-corrected chi connectivity index (χ2v) is 5.87. The highest BCUT2D eigenvalue weighted by atomic mass is 16.3. The van der Waals surface area contributed by atoms with Gasteiger partial charge in [0.1, 0.15) is 11.4 Å². The fourth-order valence-corrected chi connectivity index (χ4v) is 2.89. The molecule has 0 saturated carbocycles. The largest absolute Gasteiger partial charge is 0.506 e. The number of aromatic hydroxyl groups is 1. The minimum Gasteiger partial charge on any atom is -0.506 e. The zero-order valence-corrected chi connectivity index (χ0v) is 14.2. The van der Waals surface area contributed by atoms with Crippen molar-refractivity contribution in [3.63, 3.8) is 0 Å². The molecule has 134 valence electrons. The predicted octanol–water partition coefficient (Wildman–Crippen LogP) is 2.28. The molecule has 4 rings (SSSR count). The molecule has 0 aliphatic rings. The summed E-state index contributed by atoms with van der Waals surface area (Å²) in [6.07, 6.45) is 1.59. The van der Waals surface area contributed by atoms with Crippen LogP contribution in [0.1, 0.15) is 5.69 Å². The first-order chi connectivity index (χ1) is 13.2. The molecule has 0 spiro atoms. The second kappa shape index (κ2) is 6.89. The first kappa shape index (κ1) is 16.7. The topological polar surface area (TPSA) is 93.2 Å². The van der Waals surface area contributed by atoms with E-state index < -0.39 is 6.61 Å². The Balaban J connectivity index is 1.94. The van der Waals surface area contributed by atoms with Crippen LogP contribution in [0.3, 0.4) is 0 Å². The van der Waals surface area contributed by atoms with Gasteiger partial charge in [-0.3, -0.25) is 4.79 Å². The Hall–Kier alpha value is -3.71. The number of para-hydroxylation sites is 3. The van der Waals surface area contributed by atoms with Gasteiger partial charge in [0.05, 0.1) is 29.9 Å². The van der Waals surface area contributed by atoms with Gasteiger partial charge in [0, 0.05) is 6.07 Å². The summed E-state index contributed by atoms with van der Waals surface area (Å²) in [7, 11) is 0. The average molecular weight is 360 g/mol. The molecule has 7 heteroatoms. The Morgan fingerprint density at radius 1 is 0.926 bits per heavy atom. The number of phenolic OH excluding ortho intramolecular Hbond substituents is 1. The summed E-state index contributed by atoms with van der Waals surface area (Å²) in [4.78, 5) is 12.7. The SMILES string of the molecule is O=c1cc(CO)n(-c2ccccc2O)nc1-c1ccnn1-c1ccccc1. The maximum Gasteiger partial charge on any atom is 0.210 e. The summed E-state index contributed by atoms with van der Waals surface area (Å²) < 4.78 is 2.99. The fourth-order valence-electron chi connectivity index (χ4n) is 2.89. The van der Waals surface area contributed by atoms with Crippen LogP contribution in [0.5, 0.6) is 5.75 Å². The lowest BCUT2D eigenvalue weighted by atomic mass is 10.2. The number of rotatable bonds is 4. The summed E-state index contributed by atoms with van der Waals surface area (Å²) in [6, 6.07) is 19.0. The van der Waals surface area contributed by atoms with Crippen LogP contribution in [0.25, 0.3) is 22.8 Å². The molecule has 0 unspecified atom stereocenters. The minimum atomic E-state index is -0.394. The maximum atomic E-state index is 12.7. The first-order valence-electron chi connectivity index (χ1n) is 8.31. The van der Waals surface area contributed by atoms with E-state index in [1.807, 2.05) is 30.3 Å². The minimum absolute atomic E-state index is 0.00846. The van der Waals surface area contributed by atoms with Crippen LogP contribution in [0.15, 0.2) is 77.7 Å². The van der Waals surface area contributed by atoms with E-state index in [0.717, 1.165) is 5.69 Å². The molecule has 0 aliphatic carbocycles. The van der Waals surface area contributed by atoms with Crippen LogP contribution in [-0.2, 0) is 6.61 Å². The second-order valence-electron chi connectivity index (χ2n) is 5.87. The van der Waals surface area contributed by atoms with Gasteiger partial charge in [0.25, 0.3) is 0 Å². The van der Waals surface area contributed by atoms with Crippen LogP contribution in [0, 0.1) is 0 Å². The van der Waals surface area contributed by atoms with E-state index in [0.29, 0.717) is 11.4 Å². The summed E-state index contributed by atoms with van der Waals surface area (Å²) in [5.74, 6) is -0.00846. The summed E-state index contributed by atoms with van der Waals surface area (Å²) in [5, 5.41) is 28.5. The van der Waals surface area contributed by atoms with Crippen molar-refractivity contribution in [1.82, 2.24) is 19.6 Å². The summed E-state index contributed by atoms with van der Waals surface area (Å²) in [6.45, 7) is -0.394. The van der Waals surface area contributed by atoms with Crippen LogP contribution in [-0.4, -0.2) is 29.8 Å². The van der Waals surface area contributed by atoms with Gasteiger partial charge < -0.3 is 10.2 Å². The molecule has 0 aliphatic heterocycles. The Morgan fingerprint density at radius 3 is 2.41 bits per heavy atom. The van der Waals surface area contributed by atoms with Gasteiger partial charge in [0.2, 0.25) is 5.43 Å². The van der Waals surface area contributed by atoms with E-state index >= 15 is 0 Å². The third kappa shape index (κ3) is 3.00. The highest BCUT2D eigenvalue weighted by Crippen LogP contribution is 2.23. The normalized spacial score (nSPS) is 10.9.